The predicted octanol–water partition coefficient (Wildman–Crippen LogP) is 4.01. The Labute approximate surface area is 127 Å². The normalized spacial score (nSPS) is 16.6. The van der Waals surface area contributed by atoms with Crippen molar-refractivity contribution < 1.29 is 0 Å². The molecule has 4 rings (SSSR count). The molecule has 0 amide bonds. The van der Waals surface area contributed by atoms with Crippen LogP contribution in [-0.2, 0) is 0 Å². The summed E-state index contributed by atoms with van der Waals surface area (Å²) in [4.78, 5) is 16.9. The maximum Gasteiger partial charge on any atom is 0.150 e. The van der Waals surface area contributed by atoms with Crippen molar-refractivity contribution in [2.45, 2.75) is 38.1 Å². The third-order valence-electron chi connectivity index (χ3n) is 4.47. The van der Waals surface area contributed by atoms with Crippen LogP contribution in [0.3, 0.4) is 0 Å². The van der Waals surface area contributed by atoms with E-state index >= 15 is 0 Å². The molecule has 3 aromatic heterocycles. The van der Waals surface area contributed by atoms with Gasteiger partial charge in [-0.15, -0.1) is 11.3 Å². The van der Waals surface area contributed by atoms with Gasteiger partial charge in [-0.2, -0.15) is 0 Å². The smallest absolute Gasteiger partial charge is 0.150 e. The molecule has 0 N–H and O–H groups in total. The van der Waals surface area contributed by atoms with E-state index < -0.39 is 0 Å². The molecule has 0 unspecified atom stereocenters. The molecule has 0 spiro atoms. The molecule has 1 aliphatic rings. The minimum atomic E-state index is 0.607. The highest BCUT2D eigenvalue weighted by molar-refractivity contribution is 7.25. The Hall–Kier alpha value is -1.75. The Morgan fingerprint density at radius 1 is 1.14 bits per heavy atom. The molecule has 3 heterocycles. The number of hydrogen-bond acceptors (Lipinski definition) is 5. The first-order valence-corrected chi connectivity index (χ1v) is 8.37. The van der Waals surface area contributed by atoms with Crippen molar-refractivity contribution in [3.05, 3.63) is 24.7 Å². The van der Waals surface area contributed by atoms with Gasteiger partial charge in [0.1, 0.15) is 17.0 Å². The van der Waals surface area contributed by atoms with Crippen LogP contribution >= 0.6 is 11.3 Å². The Morgan fingerprint density at radius 3 is 2.86 bits per heavy atom. The summed E-state index contributed by atoms with van der Waals surface area (Å²) in [5, 5.41) is 1.14. The minimum Gasteiger partial charge on any atom is -0.355 e. The second kappa shape index (κ2) is 5.22. The molecular formula is C16H18N4S. The first-order chi connectivity index (χ1) is 10.3. The molecule has 0 aliphatic heterocycles. The van der Waals surface area contributed by atoms with Gasteiger partial charge in [-0.05, 0) is 25.0 Å². The number of thiophene rings is 1. The lowest BCUT2D eigenvalue weighted by atomic mass is 9.94. The van der Waals surface area contributed by atoms with Crippen LogP contribution < -0.4 is 4.90 Å². The molecule has 5 heteroatoms. The van der Waals surface area contributed by atoms with E-state index in [0.29, 0.717) is 6.04 Å². The van der Waals surface area contributed by atoms with Crippen molar-refractivity contribution in [1.29, 1.82) is 0 Å². The zero-order valence-corrected chi connectivity index (χ0v) is 12.9. The number of hydrogen-bond donors (Lipinski definition) is 0. The summed E-state index contributed by atoms with van der Waals surface area (Å²) in [7, 11) is 2.18. The lowest BCUT2D eigenvalue weighted by Crippen LogP contribution is -2.33. The fraction of sp³-hybridized carbons (Fsp3) is 0.438. The molecule has 108 valence electrons. The molecule has 1 saturated carbocycles. The number of anilines is 1. The van der Waals surface area contributed by atoms with Gasteiger partial charge in [0.05, 0.1) is 10.2 Å². The number of pyridine rings is 1. The lowest BCUT2D eigenvalue weighted by Gasteiger charge is -2.32. The van der Waals surface area contributed by atoms with E-state index in [1.54, 1.807) is 17.7 Å². The van der Waals surface area contributed by atoms with Gasteiger partial charge >= 0.3 is 0 Å². The molecule has 0 radical (unpaired) electrons. The second-order valence-corrected chi connectivity index (χ2v) is 6.73. The predicted molar refractivity (Wildman–Crippen MR) is 88.0 cm³/mol. The third-order valence-corrected chi connectivity index (χ3v) is 5.57. The van der Waals surface area contributed by atoms with Crippen molar-refractivity contribution in [2.75, 3.05) is 11.9 Å². The van der Waals surface area contributed by atoms with Crippen molar-refractivity contribution in [1.82, 2.24) is 15.0 Å². The molecule has 0 aromatic carbocycles. The van der Waals surface area contributed by atoms with Crippen LogP contribution in [0.5, 0.6) is 0 Å². The summed E-state index contributed by atoms with van der Waals surface area (Å²) in [6.45, 7) is 0. The zero-order valence-electron chi connectivity index (χ0n) is 12.1. The van der Waals surface area contributed by atoms with Crippen molar-refractivity contribution in [3.8, 4) is 0 Å². The highest BCUT2D eigenvalue weighted by Gasteiger charge is 2.22. The van der Waals surface area contributed by atoms with Gasteiger partial charge in [-0.25, -0.2) is 15.0 Å². The Balaban J connectivity index is 1.84. The monoisotopic (exact) mass is 298 g/mol. The van der Waals surface area contributed by atoms with Gasteiger partial charge in [0, 0.05) is 24.7 Å². The number of fused-ring (bicyclic) bond motifs is 3. The van der Waals surface area contributed by atoms with Gasteiger partial charge in [0.2, 0.25) is 0 Å². The van der Waals surface area contributed by atoms with Gasteiger partial charge < -0.3 is 4.90 Å². The Morgan fingerprint density at radius 2 is 2.00 bits per heavy atom. The fourth-order valence-electron chi connectivity index (χ4n) is 3.29. The van der Waals surface area contributed by atoms with E-state index in [9.17, 15) is 0 Å². The van der Waals surface area contributed by atoms with E-state index in [1.807, 2.05) is 12.3 Å². The first kappa shape index (κ1) is 13.0. The molecule has 4 nitrogen and oxygen atoms in total. The Kier molecular flexibility index (Phi) is 3.22. The Bertz CT molecular complexity index is 776. The number of rotatable bonds is 2. The number of nitrogens with zero attached hydrogens (tertiary/aromatic N) is 4. The summed E-state index contributed by atoms with van der Waals surface area (Å²) < 4.78 is 1.17. The summed E-state index contributed by atoms with van der Waals surface area (Å²) >= 11 is 1.70. The highest BCUT2D eigenvalue weighted by Crippen LogP contribution is 2.37. The molecule has 1 aliphatic carbocycles. The largest absolute Gasteiger partial charge is 0.355 e. The van der Waals surface area contributed by atoms with Crippen molar-refractivity contribution in [3.63, 3.8) is 0 Å². The quantitative estimate of drug-likeness (QED) is 0.717. The molecule has 0 atom stereocenters. The number of aromatic nitrogens is 3. The summed E-state index contributed by atoms with van der Waals surface area (Å²) in [5.41, 5.74) is 1.04. The highest BCUT2D eigenvalue weighted by atomic mass is 32.1. The molecule has 0 saturated heterocycles. The third kappa shape index (κ3) is 2.16. The van der Waals surface area contributed by atoms with Crippen LogP contribution in [-0.4, -0.2) is 28.0 Å². The maximum absolute atomic E-state index is 4.57. The first-order valence-electron chi connectivity index (χ1n) is 7.55. The van der Waals surface area contributed by atoms with Crippen LogP contribution in [0.15, 0.2) is 24.7 Å². The minimum absolute atomic E-state index is 0.607. The van der Waals surface area contributed by atoms with Crippen LogP contribution in [0.4, 0.5) is 5.82 Å². The molecule has 21 heavy (non-hydrogen) atoms. The maximum atomic E-state index is 4.57. The van der Waals surface area contributed by atoms with E-state index in [0.717, 1.165) is 21.6 Å². The van der Waals surface area contributed by atoms with E-state index in [4.69, 9.17) is 0 Å². The molecule has 3 aromatic rings. The average Bonchev–Trinajstić information content (AvgIpc) is 2.94. The van der Waals surface area contributed by atoms with E-state index in [-0.39, 0.29) is 0 Å². The molecular weight excluding hydrogens is 280 g/mol. The zero-order chi connectivity index (χ0) is 14.2. The summed E-state index contributed by atoms with van der Waals surface area (Å²) in [6, 6.07) is 4.68. The SMILES string of the molecule is CN(c1ncnc2c1sc1ncccc12)C1CCCCC1. The van der Waals surface area contributed by atoms with Gasteiger partial charge in [0.25, 0.3) is 0 Å². The summed E-state index contributed by atoms with van der Waals surface area (Å²) in [6.07, 6.45) is 10.1. The molecule has 0 bridgehead atoms. The van der Waals surface area contributed by atoms with Crippen molar-refractivity contribution in [2.24, 2.45) is 0 Å². The summed E-state index contributed by atoms with van der Waals surface area (Å²) in [5.74, 6) is 1.06. The topological polar surface area (TPSA) is 41.9 Å². The van der Waals surface area contributed by atoms with E-state index in [1.165, 1.54) is 36.8 Å². The van der Waals surface area contributed by atoms with Gasteiger partial charge in [-0.1, -0.05) is 19.3 Å². The standard InChI is InChI=1S/C16H18N4S/c1-20(11-6-3-2-4-7-11)15-14-13(18-10-19-15)12-8-5-9-17-16(12)21-14/h5,8-11H,2-4,6-7H2,1H3. The van der Waals surface area contributed by atoms with Gasteiger partial charge in [0.15, 0.2) is 0 Å². The fourth-order valence-corrected chi connectivity index (χ4v) is 4.42. The van der Waals surface area contributed by atoms with Gasteiger partial charge in [-0.3, -0.25) is 0 Å². The van der Waals surface area contributed by atoms with E-state index in [2.05, 4.69) is 33.0 Å². The molecule has 1 fully saturated rings. The van der Waals surface area contributed by atoms with Crippen LogP contribution in [0.25, 0.3) is 20.4 Å². The van der Waals surface area contributed by atoms with Crippen LogP contribution in [0.1, 0.15) is 32.1 Å². The van der Waals surface area contributed by atoms with Crippen molar-refractivity contribution >= 4 is 37.6 Å². The van der Waals surface area contributed by atoms with Crippen LogP contribution in [0.2, 0.25) is 0 Å². The average molecular weight is 298 g/mol. The second-order valence-electron chi connectivity index (χ2n) is 5.74. The van der Waals surface area contributed by atoms with Crippen LogP contribution in [0, 0.1) is 0 Å². The lowest BCUT2D eigenvalue weighted by molar-refractivity contribution is 0.426.